The summed E-state index contributed by atoms with van der Waals surface area (Å²) in [5.74, 6) is 1.23. The molecule has 2 rings (SSSR count). The molecule has 0 aliphatic carbocycles. The quantitative estimate of drug-likeness (QED) is 0.763. The average molecular weight is 314 g/mol. The first-order chi connectivity index (χ1) is 9.56. The third kappa shape index (κ3) is 2.85. The number of thioether (sulfide) groups is 1. The number of thiophene rings is 1. The zero-order chi connectivity index (χ0) is 14.7. The highest BCUT2D eigenvalue weighted by Crippen LogP contribution is 2.38. The minimum Gasteiger partial charge on any atom is -0.397 e. The van der Waals surface area contributed by atoms with Crippen LogP contribution in [0.4, 0.5) is 10.7 Å². The van der Waals surface area contributed by atoms with E-state index in [-0.39, 0.29) is 16.5 Å². The van der Waals surface area contributed by atoms with Gasteiger partial charge in [-0.1, -0.05) is 0 Å². The second kappa shape index (κ2) is 6.36. The minimum absolute atomic E-state index is 0.189. The number of amides is 2. The normalized spacial score (nSPS) is 15.8. The van der Waals surface area contributed by atoms with E-state index in [1.165, 1.54) is 11.3 Å². The fraction of sp³-hybridized carbons (Fsp3) is 0.500. The molecule has 20 heavy (non-hydrogen) atoms. The lowest BCUT2D eigenvalue weighted by atomic mass is 10.2. The SMILES string of the molecule is CNC(=O)c1c(N2CCCSCC2)sc(C(N)=O)c1N. The number of primary amides is 1. The summed E-state index contributed by atoms with van der Waals surface area (Å²) in [5.41, 5.74) is 11.8. The Bertz CT molecular complexity index is 522. The van der Waals surface area contributed by atoms with E-state index < -0.39 is 5.91 Å². The largest absolute Gasteiger partial charge is 0.397 e. The lowest BCUT2D eigenvalue weighted by Gasteiger charge is -2.21. The van der Waals surface area contributed by atoms with E-state index in [9.17, 15) is 9.59 Å². The molecule has 1 aromatic heterocycles. The summed E-state index contributed by atoms with van der Waals surface area (Å²) < 4.78 is 0. The molecule has 8 heteroatoms. The monoisotopic (exact) mass is 314 g/mol. The van der Waals surface area contributed by atoms with Crippen molar-refractivity contribution in [1.82, 2.24) is 5.32 Å². The van der Waals surface area contributed by atoms with Crippen molar-refractivity contribution in [3.05, 3.63) is 10.4 Å². The molecule has 0 saturated carbocycles. The molecule has 5 N–H and O–H groups in total. The Morgan fingerprint density at radius 2 is 2.05 bits per heavy atom. The molecule has 1 aromatic rings. The van der Waals surface area contributed by atoms with Gasteiger partial charge in [0.05, 0.1) is 11.3 Å². The van der Waals surface area contributed by atoms with Crippen LogP contribution in [0.25, 0.3) is 0 Å². The molecule has 6 nitrogen and oxygen atoms in total. The van der Waals surface area contributed by atoms with Gasteiger partial charge in [-0.2, -0.15) is 11.8 Å². The molecular weight excluding hydrogens is 296 g/mol. The van der Waals surface area contributed by atoms with Crippen LogP contribution in [0, 0.1) is 0 Å². The van der Waals surface area contributed by atoms with Gasteiger partial charge in [-0.15, -0.1) is 11.3 Å². The van der Waals surface area contributed by atoms with Crippen molar-refractivity contribution in [2.75, 3.05) is 42.3 Å². The fourth-order valence-electron chi connectivity index (χ4n) is 2.13. The Balaban J connectivity index is 2.46. The molecule has 0 bridgehead atoms. The van der Waals surface area contributed by atoms with Crippen LogP contribution in [0.15, 0.2) is 0 Å². The second-order valence-corrected chi connectivity index (χ2v) is 6.65. The summed E-state index contributed by atoms with van der Waals surface area (Å²) in [6.45, 7) is 1.70. The lowest BCUT2D eigenvalue weighted by Crippen LogP contribution is -2.28. The number of carbonyl (C=O) groups excluding carboxylic acids is 2. The van der Waals surface area contributed by atoms with Crippen molar-refractivity contribution in [2.45, 2.75) is 6.42 Å². The van der Waals surface area contributed by atoms with E-state index in [2.05, 4.69) is 10.2 Å². The van der Waals surface area contributed by atoms with Gasteiger partial charge >= 0.3 is 0 Å². The van der Waals surface area contributed by atoms with Crippen molar-refractivity contribution in [1.29, 1.82) is 0 Å². The Morgan fingerprint density at radius 3 is 2.70 bits per heavy atom. The van der Waals surface area contributed by atoms with Crippen molar-refractivity contribution in [3.8, 4) is 0 Å². The highest BCUT2D eigenvalue weighted by Gasteiger charge is 2.27. The van der Waals surface area contributed by atoms with Gasteiger partial charge in [0.15, 0.2) is 0 Å². The molecule has 1 saturated heterocycles. The van der Waals surface area contributed by atoms with Gasteiger partial charge in [-0.3, -0.25) is 9.59 Å². The maximum absolute atomic E-state index is 12.1. The smallest absolute Gasteiger partial charge is 0.260 e. The molecule has 1 fully saturated rings. The van der Waals surface area contributed by atoms with Crippen LogP contribution in [-0.2, 0) is 0 Å². The fourth-order valence-corrected chi connectivity index (χ4v) is 4.14. The summed E-state index contributed by atoms with van der Waals surface area (Å²) in [4.78, 5) is 25.9. The van der Waals surface area contributed by atoms with Crippen LogP contribution in [0.2, 0.25) is 0 Å². The third-order valence-electron chi connectivity index (χ3n) is 3.11. The molecule has 0 unspecified atom stereocenters. The molecule has 0 aromatic carbocycles. The van der Waals surface area contributed by atoms with Crippen molar-refractivity contribution in [2.24, 2.45) is 5.73 Å². The Labute approximate surface area is 125 Å². The zero-order valence-corrected chi connectivity index (χ0v) is 12.9. The predicted molar refractivity (Wildman–Crippen MR) is 84.8 cm³/mol. The second-order valence-electron chi connectivity index (χ2n) is 4.42. The lowest BCUT2D eigenvalue weighted by molar-refractivity contribution is 0.0964. The molecule has 0 atom stereocenters. The molecule has 1 aliphatic rings. The van der Waals surface area contributed by atoms with Crippen LogP contribution < -0.4 is 21.7 Å². The predicted octanol–water partition coefficient (Wildman–Crippen LogP) is 0.732. The molecule has 1 aliphatic heterocycles. The molecular formula is C12H18N4O2S2. The first-order valence-electron chi connectivity index (χ1n) is 6.33. The third-order valence-corrected chi connectivity index (χ3v) is 5.44. The van der Waals surface area contributed by atoms with Crippen LogP contribution in [0.3, 0.4) is 0 Å². The van der Waals surface area contributed by atoms with E-state index >= 15 is 0 Å². The topological polar surface area (TPSA) is 101 Å². The summed E-state index contributed by atoms with van der Waals surface area (Å²) in [5, 5.41) is 3.32. The molecule has 2 heterocycles. The minimum atomic E-state index is -0.590. The van der Waals surface area contributed by atoms with Gasteiger partial charge in [-0.05, 0) is 12.2 Å². The highest BCUT2D eigenvalue weighted by atomic mass is 32.2. The molecule has 0 spiro atoms. The van der Waals surface area contributed by atoms with Gasteiger partial charge in [0.25, 0.3) is 11.8 Å². The number of nitrogens with one attached hydrogen (secondary N) is 1. The number of hydrogen-bond donors (Lipinski definition) is 3. The first-order valence-corrected chi connectivity index (χ1v) is 8.30. The standard InChI is InChI=1S/C12H18N4O2S2/c1-15-11(18)7-8(13)9(10(14)17)20-12(7)16-3-2-5-19-6-4-16/h2-6,13H2,1H3,(H2,14,17)(H,15,18). The Hall–Kier alpha value is -1.41. The van der Waals surface area contributed by atoms with Crippen molar-refractivity contribution < 1.29 is 9.59 Å². The maximum atomic E-state index is 12.1. The number of nitrogens with two attached hydrogens (primary N) is 2. The number of anilines is 2. The summed E-state index contributed by atoms with van der Waals surface area (Å²) in [6, 6.07) is 0. The first kappa shape index (κ1) is 15.0. The molecule has 2 amide bonds. The van der Waals surface area contributed by atoms with Gasteiger partial charge in [0, 0.05) is 25.9 Å². The van der Waals surface area contributed by atoms with Crippen LogP contribution in [0.5, 0.6) is 0 Å². The van der Waals surface area contributed by atoms with Gasteiger partial charge in [0.1, 0.15) is 9.88 Å². The van der Waals surface area contributed by atoms with E-state index in [0.717, 1.165) is 36.0 Å². The van der Waals surface area contributed by atoms with Crippen molar-refractivity contribution >= 4 is 45.6 Å². The van der Waals surface area contributed by atoms with Gasteiger partial charge < -0.3 is 21.7 Å². The van der Waals surface area contributed by atoms with E-state index in [4.69, 9.17) is 11.5 Å². The van der Waals surface area contributed by atoms with Crippen LogP contribution >= 0.6 is 23.1 Å². The van der Waals surface area contributed by atoms with Crippen LogP contribution in [0.1, 0.15) is 26.5 Å². The van der Waals surface area contributed by atoms with Gasteiger partial charge in [0.2, 0.25) is 0 Å². The van der Waals surface area contributed by atoms with Gasteiger partial charge in [-0.25, -0.2) is 0 Å². The van der Waals surface area contributed by atoms with E-state index in [1.807, 2.05) is 11.8 Å². The maximum Gasteiger partial charge on any atom is 0.260 e. The van der Waals surface area contributed by atoms with E-state index in [0.29, 0.717) is 5.56 Å². The zero-order valence-electron chi connectivity index (χ0n) is 11.3. The van der Waals surface area contributed by atoms with Crippen molar-refractivity contribution in [3.63, 3.8) is 0 Å². The Kier molecular flexibility index (Phi) is 4.77. The summed E-state index contributed by atoms with van der Waals surface area (Å²) in [6.07, 6.45) is 1.04. The average Bonchev–Trinajstić information content (AvgIpc) is 2.63. The molecule has 110 valence electrons. The Morgan fingerprint density at radius 1 is 1.30 bits per heavy atom. The number of carbonyl (C=O) groups is 2. The van der Waals surface area contributed by atoms with Crippen LogP contribution in [-0.4, -0.2) is 43.5 Å². The van der Waals surface area contributed by atoms with E-state index in [1.54, 1.807) is 7.05 Å². The summed E-state index contributed by atoms with van der Waals surface area (Å²) in [7, 11) is 1.55. The number of rotatable bonds is 3. The summed E-state index contributed by atoms with van der Waals surface area (Å²) >= 11 is 3.10. The molecule has 0 radical (unpaired) electrons. The number of nitrogen functional groups attached to an aromatic ring is 1. The number of hydrogen-bond acceptors (Lipinski definition) is 6. The highest BCUT2D eigenvalue weighted by molar-refractivity contribution is 7.99. The number of nitrogens with zero attached hydrogens (tertiary/aromatic N) is 1.